The van der Waals surface area contributed by atoms with Gasteiger partial charge < -0.3 is 0 Å². The number of nitro groups is 1. The summed E-state index contributed by atoms with van der Waals surface area (Å²) < 4.78 is 1.58. The first-order valence-corrected chi connectivity index (χ1v) is 8.90. The Kier molecular flexibility index (Phi) is 5.18. The average molecular weight is 367 g/mol. The number of aromatic nitrogens is 2. The molecule has 1 atom stereocenters. The van der Waals surface area contributed by atoms with Gasteiger partial charge in [0.05, 0.1) is 15.8 Å². The van der Waals surface area contributed by atoms with E-state index in [-0.39, 0.29) is 16.5 Å². The normalized spacial score (nSPS) is 12.0. The van der Waals surface area contributed by atoms with E-state index in [9.17, 15) is 14.9 Å². The lowest BCUT2D eigenvalue weighted by Crippen LogP contribution is -2.23. The first kappa shape index (κ1) is 17.9. The molecule has 0 fully saturated rings. The van der Waals surface area contributed by atoms with Crippen LogP contribution in [-0.2, 0) is 6.54 Å². The zero-order chi connectivity index (χ0) is 18.7. The molecule has 1 aromatic heterocycles. The highest BCUT2D eigenvalue weighted by Gasteiger charge is 2.17. The molecule has 6 nitrogen and oxygen atoms in total. The Morgan fingerprint density at radius 2 is 2.08 bits per heavy atom. The van der Waals surface area contributed by atoms with E-state index >= 15 is 0 Å². The van der Waals surface area contributed by atoms with Gasteiger partial charge in [-0.25, -0.2) is 4.98 Å². The summed E-state index contributed by atoms with van der Waals surface area (Å²) in [5, 5.41) is 12.0. The summed E-state index contributed by atoms with van der Waals surface area (Å²) in [5.41, 5.74) is 1.36. The number of nitrogens with zero attached hydrogens (tertiary/aromatic N) is 3. The molecule has 2 aromatic carbocycles. The Morgan fingerprint density at radius 3 is 2.81 bits per heavy atom. The molecule has 0 N–H and O–H groups in total. The fourth-order valence-corrected chi connectivity index (χ4v) is 3.68. The van der Waals surface area contributed by atoms with Crippen LogP contribution in [0.25, 0.3) is 10.9 Å². The minimum absolute atomic E-state index is 0.0462. The van der Waals surface area contributed by atoms with Crippen LogP contribution >= 0.6 is 11.8 Å². The van der Waals surface area contributed by atoms with Crippen LogP contribution < -0.4 is 5.56 Å². The van der Waals surface area contributed by atoms with Crippen LogP contribution in [0.15, 0.2) is 71.1 Å². The molecule has 0 bridgehead atoms. The second-order valence-corrected chi connectivity index (χ2v) is 7.04. The van der Waals surface area contributed by atoms with E-state index < -0.39 is 4.92 Å². The summed E-state index contributed by atoms with van der Waals surface area (Å²) in [6.45, 7) is 6.00. The van der Waals surface area contributed by atoms with Gasteiger partial charge in [0, 0.05) is 23.9 Å². The Hall–Kier alpha value is -2.93. The van der Waals surface area contributed by atoms with Crippen LogP contribution in [0.2, 0.25) is 0 Å². The van der Waals surface area contributed by atoms with E-state index in [0.29, 0.717) is 22.6 Å². The number of thioether (sulfide) groups is 1. The molecule has 7 heteroatoms. The van der Waals surface area contributed by atoms with Crippen LogP contribution in [0, 0.1) is 10.1 Å². The summed E-state index contributed by atoms with van der Waals surface area (Å²) in [5.74, 6) is 0. The minimum atomic E-state index is -0.414. The summed E-state index contributed by atoms with van der Waals surface area (Å²) in [4.78, 5) is 28.0. The lowest BCUT2D eigenvalue weighted by molar-refractivity contribution is -0.384. The standard InChI is InChI=1S/C19H17N3O3S/c1-3-11-21-18(23)16-9-4-5-10-17(16)20-19(21)26-13(2)14-7-6-8-15(12-14)22(24)25/h3-10,12-13H,1,11H2,2H3/t13-/m1/s1. The molecule has 26 heavy (non-hydrogen) atoms. The van der Waals surface area contributed by atoms with Crippen LogP contribution in [0.3, 0.4) is 0 Å². The summed E-state index contributed by atoms with van der Waals surface area (Å²) in [7, 11) is 0. The van der Waals surface area contributed by atoms with Crippen molar-refractivity contribution in [3.8, 4) is 0 Å². The molecule has 132 valence electrons. The molecular formula is C19H17N3O3S. The van der Waals surface area contributed by atoms with Crippen LogP contribution in [-0.4, -0.2) is 14.5 Å². The van der Waals surface area contributed by atoms with E-state index in [1.807, 2.05) is 25.1 Å². The fraction of sp³-hybridized carbons (Fsp3) is 0.158. The molecule has 0 saturated carbocycles. The van der Waals surface area contributed by atoms with Gasteiger partial charge in [0.1, 0.15) is 0 Å². The third kappa shape index (κ3) is 3.52. The van der Waals surface area contributed by atoms with Crippen LogP contribution in [0.1, 0.15) is 17.7 Å². The maximum Gasteiger partial charge on any atom is 0.269 e. The number of allylic oxidation sites excluding steroid dienone is 1. The van der Waals surface area contributed by atoms with Crippen molar-refractivity contribution < 1.29 is 4.92 Å². The maximum atomic E-state index is 12.8. The van der Waals surface area contributed by atoms with Crippen molar-refractivity contribution in [2.24, 2.45) is 0 Å². The van der Waals surface area contributed by atoms with Crippen molar-refractivity contribution in [3.63, 3.8) is 0 Å². The predicted molar refractivity (Wildman–Crippen MR) is 104 cm³/mol. The van der Waals surface area contributed by atoms with Gasteiger partial charge in [-0.05, 0) is 24.6 Å². The second-order valence-electron chi connectivity index (χ2n) is 5.73. The Morgan fingerprint density at radius 1 is 1.31 bits per heavy atom. The van der Waals surface area contributed by atoms with Crippen molar-refractivity contribution in [2.45, 2.75) is 23.9 Å². The zero-order valence-corrected chi connectivity index (χ0v) is 15.0. The molecule has 0 aliphatic carbocycles. The highest BCUT2D eigenvalue weighted by atomic mass is 32.2. The lowest BCUT2D eigenvalue weighted by atomic mass is 10.1. The third-order valence-electron chi connectivity index (χ3n) is 3.97. The Bertz CT molecular complexity index is 1050. The van der Waals surface area contributed by atoms with Gasteiger partial charge in [-0.2, -0.15) is 0 Å². The zero-order valence-electron chi connectivity index (χ0n) is 14.2. The van der Waals surface area contributed by atoms with Crippen molar-refractivity contribution in [1.82, 2.24) is 9.55 Å². The first-order valence-electron chi connectivity index (χ1n) is 8.02. The van der Waals surface area contributed by atoms with Gasteiger partial charge in [0.15, 0.2) is 5.16 Å². The SMILES string of the molecule is C=CCn1c(S[C@H](C)c2cccc([N+](=O)[O-])c2)nc2ccccc2c1=O. The predicted octanol–water partition coefficient (Wildman–Crippen LogP) is 4.34. The van der Waals surface area contributed by atoms with Crippen LogP contribution in [0.4, 0.5) is 5.69 Å². The smallest absolute Gasteiger partial charge is 0.269 e. The first-order chi connectivity index (χ1) is 12.5. The second kappa shape index (κ2) is 7.53. The molecule has 0 unspecified atom stereocenters. The Labute approximate surface area is 154 Å². The van der Waals surface area contributed by atoms with Gasteiger partial charge in [0.25, 0.3) is 11.2 Å². The molecule has 0 aliphatic rings. The quantitative estimate of drug-likeness (QED) is 0.213. The monoisotopic (exact) mass is 367 g/mol. The van der Waals surface area contributed by atoms with E-state index in [4.69, 9.17) is 0 Å². The molecule has 3 rings (SSSR count). The van der Waals surface area contributed by atoms with Crippen molar-refractivity contribution in [3.05, 3.63) is 87.2 Å². The molecule has 0 saturated heterocycles. The highest BCUT2D eigenvalue weighted by Crippen LogP contribution is 2.35. The van der Waals surface area contributed by atoms with E-state index in [2.05, 4.69) is 11.6 Å². The van der Waals surface area contributed by atoms with E-state index in [0.717, 1.165) is 5.56 Å². The molecule has 0 radical (unpaired) electrons. The topological polar surface area (TPSA) is 78.0 Å². The van der Waals surface area contributed by atoms with Gasteiger partial charge in [-0.3, -0.25) is 19.5 Å². The van der Waals surface area contributed by atoms with Gasteiger partial charge in [-0.1, -0.05) is 42.1 Å². The third-order valence-corrected chi connectivity index (χ3v) is 5.12. The molecule has 0 aliphatic heterocycles. The van der Waals surface area contributed by atoms with Crippen LogP contribution in [0.5, 0.6) is 0 Å². The molecular weight excluding hydrogens is 350 g/mol. The van der Waals surface area contributed by atoms with E-state index in [1.165, 1.54) is 17.8 Å². The lowest BCUT2D eigenvalue weighted by Gasteiger charge is -2.15. The van der Waals surface area contributed by atoms with Gasteiger partial charge in [0.2, 0.25) is 0 Å². The fourth-order valence-electron chi connectivity index (χ4n) is 2.65. The highest BCUT2D eigenvalue weighted by molar-refractivity contribution is 7.99. The summed E-state index contributed by atoms with van der Waals surface area (Å²) >= 11 is 1.39. The number of benzene rings is 2. The molecule has 1 heterocycles. The largest absolute Gasteiger partial charge is 0.283 e. The van der Waals surface area contributed by atoms with E-state index in [1.54, 1.807) is 34.9 Å². The molecule has 0 amide bonds. The van der Waals surface area contributed by atoms with Gasteiger partial charge in [-0.15, -0.1) is 6.58 Å². The van der Waals surface area contributed by atoms with Crippen molar-refractivity contribution >= 4 is 28.4 Å². The Balaban J connectivity index is 2.03. The summed E-state index contributed by atoms with van der Waals surface area (Å²) in [6, 6.07) is 13.7. The maximum absolute atomic E-state index is 12.8. The number of fused-ring (bicyclic) bond motifs is 1. The number of rotatable bonds is 6. The number of nitro benzene ring substituents is 1. The van der Waals surface area contributed by atoms with Crippen molar-refractivity contribution in [2.75, 3.05) is 0 Å². The molecule has 3 aromatic rings. The van der Waals surface area contributed by atoms with Crippen molar-refractivity contribution in [1.29, 1.82) is 0 Å². The number of non-ortho nitro benzene ring substituents is 1. The number of hydrogen-bond donors (Lipinski definition) is 0. The number of hydrogen-bond acceptors (Lipinski definition) is 5. The number of para-hydroxylation sites is 1. The van der Waals surface area contributed by atoms with Gasteiger partial charge >= 0.3 is 0 Å². The molecule has 0 spiro atoms. The minimum Gasteiger partial charge on any atom is -0.283 e. The average Bonchev–Trinajstić information content (AvgIpc) is 2.65. The summed E-state index contributed by atoms with van der Waals surface area (Å²) in [6.07, 6.45) is 1.65.